The Morgan fingerprint density at radius 2 is 1.89 bits per heavy atom. The summed E-state index contributed by atoms with van der Waals surface area (Å²) in [6.45, 7) is 7.13. The highest BCUT2D eigenvalue weighted by Crippen LogP contribution is 2.22. The number of guanidine groups is 1. The molecule has 7 nitrogen and oxygen atoms in total. The number of halogens is 1. The second-order valence-electron chi connectivity index (χ2n) is 7.21. The van der Waals surface area contributed by atoms with Crippen LogP contribution in [0.3, 0.4) is 0 Å². The monoisotopic (exact) mass is 524 g/mol. The third-order valence-corrected chi connectivity index (χ3v) is 5.56. The van der Waals surface area contributed by atoms with Crippen LogP contribution in [-0.4, -0.2) is 47.2 Å². The Kier molecular flexibility index (Phi) is 11.3. The van der Waals surface area contributed by atoms with Crippen molar-refractivity contribution in [2.45, 2.75) is 50.6 Å². The summed E-state index contributed by atoms with van der Waals surface area (Å²) in [4.78, 5) is 4.50. The van der Waals surface area contributed by atoms with Gasteiger partial charge in [-0.05, 0) is 42.9 Å². The van der Waals surface area contributed by atoms with Crippen molar-refractivity contribution in [2.75, 3.05) is 26.8 Å². The molecule has 3 N–H and O–H groups in total. The van der Waals surface area contributed by atoms with Gasteiger partial charge in [0.15, 0.2) is 5.96 Å². The topological polar surface area (TPSA) is 91.8 Å². The fourth-order valence-electron chi connectivity index (χ4n) is 2.38. The van der Waals surface area contributed by atoms with Crippen LogP contribution in [0.25, 0.3) is 0 Å². The molecule has 0 bridgehead atoms. The second kappa shape index (κ2) is 12.6. The van der Waals surface area contributed by atoms with Gasteiger partial charge in [-0.1, -0.05) is 26.0 Å². The van der Waals surface area contributed by atoms with Gasteiger partial charge in [0.1, 0.15) is 0 Å². The fourth-order valence-corrected chi connectivity index (χ4v) is 3.69. The molecule has 1 fully saturated rings. The van der Waals surface area contributed by atoms with Crippen LogP contribution in [0.1, 0.15) is 38.7 Å². The van der Waals surface area contributed by atoms with Crippen LogP contribution in [0.5, 0.6) is 0 Å². The minimum atomic E-state index is -3.39. The maximum atomic E-state index is 12.2. The number of rotatable bonds is 11. The first-order valence-corrected chi connectivity index (χ1v) is 11.0. The molecule has 0 amide bonds. The molecule has 0 atom stereocenters. The number of aliphatic imine (C=N–C) groups is 1. The highest BCUT2D eigenvalue weighted by molar-refractivity contribution is 14.0. The summed E-state index contributed by atoms with van der Waals surface area (Å²) in [6, 6.07) is 7.04. The summed E-state index contributed by atoms with van der Waals surface area (Å²) >= 11 is 0. The van der Waals surface area contributed by atoms with Crippen LogP contribution in [0.4, 0.5) is 0 Å². The van der Waals surface area contributed by atoms with Crippen molar-refractivity contribution < 1.29 is 13.2 Å². The normalized spacial score (nSPS) is 14.6. The van der Waals surface area contributed by atoms with E-state index in [0.29, 0.717) is 23.3 Å². The van der Waals surface area contributed by atoms with Gasteiger partial charge < -0.3 is 15.4 Å². The first kappa shape index (κ1) is 25.1. The Morgan fingerprint density at radius 3 is 2.46 bits per heavy atom. The Bertz CT molecular complexity index is 704. The van der Waals surface area contributed by atoms with Crippen LogP contribution in [0.15, 0.2) is 34.2 Å². The number of hydrogen-bond donors (Lipinski definition) is 3. The lowest BCUT2D eigenvalue weighted by molar-refractivity contribution is 0.108. The minimum absolute atomic E-state index is 0. The predicted octanol–water partition coefficient (Wildman–Crippen LogP) is 2.47. The van der Waals surface area contributed by atoms with Crippen molar-refractivity contribution in [3.05, 3.63) is 29.8 Å². The third-order valence-electron chi connectivity index (χ3n) is 4.03. The maximum Gasteiger partial charge on any atom is 0.240 e. The quantitative estimate of drug-likeness (QED) is 0.179. The van der Waals surface area contributed by atoms with Crippen LogP contribution in [-0.2, 0) is 21.3 Å². The first-order valence-electron chi connectivity index (χ1n) is 9.54. The molecule has 28 heavy (non-hydrogen) atoms. The highest BCUT2D eigenvalue weighted by atomic mass is 127. The summed E-state index contributed by atoms with van der Waals surface area (Å²) in [5, 5.41) is 6.47. The molecule has 2 rings (SSSR count). The van der Waals surface area contributed by atoms with Gasteiger partial charge >= 0.3 is 0 Å². The van der Waals surface area contributed by atoms with Crippen LogP contribution in [0.2, 0.25) is 0 Å². The van der Waals surface area contributed by atoms with E-state index in [9.17, 15) is 8.42 Å². The van der Waals surface area contributed by atoms with Gasteiger partial charge in [0, 0.05) is 39.4 Å². The van der Waals surface area contributed by atoms with Crippen molar-refractivity contribution in [3.63, 3.8) is 0 Å². The molecular formula is C19H33IN4O3S. The Hall–Kier alpha value is -0.910. The summed E-state index contributed by atoms with van der Waals surface area (Å²) < 4.78 is 32.6. The predicted molar refractivity (Wildman–Crippen MR) is 124 cm³/mol. The number of hydrogen-bond acceptors (Lipinski definition) is 4. The lowest BCUT2D eigenvalue weighted by atomic mass is 10.2. The van der Waals surface area contributed by atoms with E-state index in [1.165, 1.54) is 0 Å². The SMILES string of the molecule is CN=C(NCCCOCC(C)C)NCc1ccc(S(=O)(=O)NC2CC2)cc1.I. The summed E-state index contributed by atoms with van der Waals surface area (Å²) in [5.74, 6) is 1.27. The molecule has 1 aromatic rings. The average Bonchev–Trinajstić information content (AvgIpc) is 3.44. The van der Waals surface area contributed by atoms with E-state index in [0.717, 1.165) is 44.6 Å². The van der Waals surface area contributed by atoms with E-state index in [2.05, 4.69) is 34.2 Å². The van der Waals surface area contributed by atoms with Crippen molar-refractivity contribution in [3.8, 4) is 0 Å². The van der Waals surface area contributed by atoms with Gasteiger partial charge in [0.25, 0.3) is 0 Å². The minimum Gasteiger partial charge on any atom is -0.381 e. The van der Waals surface area contributed by atoms with Crippen molar-refractivity contribution >= 4 is 40.0 Å². The molecule has 1 aromatic carbocycles. The van der Waals surface area contributed by atoms with Gasteiger partial charge in [0.2, 0.25) is 10.0 Å². The standard InChI is InChI=1S/C19H32N4O3S.HI/c1-15(2)14-26-12-4-11-21-19(20-3)22-13-16-5-9-18(10-6-16)27(24,25)23-17-7-8-17;/h5-6,9-10,15,17,23H,4,7-8,11-14H2,1-3H3,(H2,20,21,22);1H. The molecule has 0 aromatic heterocycles. The molecule has 160 valence electrons. The zero-order valence-electron chi connectivity index (χ0n) is 16.9. The molecule has 0 radical (unpaired) electrons. The molecule has 0 heterocycles. The van der Waals surface area contributed by atoms with Crippen LogP contribution in [0, 0.1) is 5.92 Å². The van der Waals surface area contributed by atoms with Crippen LogP contribution >= 0.6 is 24.0 Å². The maximum absolute atomic E-state index is 12.2. The Morgan fingerprint density at radius 1 is 1.21 bits per heavy atom. The van der Waals surface area contributed by atoms with Gasteiger partial charge in [-0.2, -0.15) is 0 Å². The number of sulfonamides is 1. The number of nitrogens with one attached hydrogen (secondary N) is 3. The first-order chi connectivity index (χ1) is 12.9. The van der Waals surface area contributed by atoms with Gasteiger partial charge in [-0.3, -0.25) is 4.99 Å². The third kappa shape index (κ3) is 9.53. The molecule has 1 saturated carbocycles. The molecule has 1 aliphatic rings. The van der Waals surface area contributed by atoms with Crippen LogP contribution < -0.4 is 15.4 Å². The number of benzene rings is 1. The zero-order valence-corrected chi connectivity index (χ0v) is 20.0. The van der Waals surface area contributed by atoms with Crippen molar-refractivity contribution in [1.82, 2.24) is 15.4 Å². The molecule has 0 spiro atoms. The molecule has 1 aliphatic carbocycles. The Labute approximate surface area is 186 Å². The molecule has 9 heteroatoms. The van der Waals surface area contributed by atoms with E-state index in [1.807, 2.05) is 12.1 Å². The number of ether oxygens (including phenoxy) is 1. The van der Waals surface area contributed by atoms with E-state index >= 15 is 0 Å². The second-order valence-corrected chi connectivity index (χ2v) is 8.93. The van der Waals surface area contributed by atoms with E-state index < -0.39 is 10.0 Å². The van der Waals surface area contributed by atoms with Crippen molar-refractivity contribution in [1.29, 1.82) is 0 Å². The smallest absolute Gasteiger partial charge is 0.240 e. The average molecular weight is 524 g/mol. The summed E-state index contributed by atoms with van der Waals surface area (Å²) in [5.41, 5.74) is 0.989. The van der Waals surface area contributed by atoms with E-state index in [-0.39, 0.29) is 30.0 Å². The lowest BCUT2D eigenvalue weighted by Crippen LogP contribution is -2.37. The summed E-state index contributed by atoms with van der Waals surface area (Å²) in [7, 11) is -1.67. The number of nitrogens with zero attached hydrogens (tertiary/aromatic N) is 1. The lowest BCUT2D eigenvalue weighted by Gasteiger charge is -2.13. The Balaban J connectivity index is 0.00000392. The van der Waals surface area contributed by atoms with Gasteiger partial charge in [-0.25, -0.2) is 13.1 Å². The zero-order chi connectivity index (χ0) is 19.7. The molecular weight excluding hydrogens is 491 g/mol. The van der Waals surface area contributed by atoms with Crippen molar-refractivity contribution in [2.24, 2.45) is 10.9 Å². The highest BCUT2D eigenvalue weighted by Gasteiger charge is 2.27. The van der Waals surface area contributed by atoms with E-state index in [4.69, 9.17) is 4.74 Å². The molecule has 0 aliphatic heterocycles. The largest absolute Gasteiger partial charge is 0.381 e. The van der Waals surface area contributed by atoms with E-state index in [1.54, 1.807) is 19.2 Å². The summed E-state index contributed by atoms with van der Waals surface area (Å²) in [6.07, 6.45) is 2.77. The molecule has 0 unspecified atom stereocenters. The fraction of sp³-hybridized carbons (Fsp3) is 0.632. The van der Waals surface area contributed by atoms with Gasteiger partial charge in [-0.15, -0.1) is 24.0 Å². The molecule has 0 saturated heterocycles. The van der Waals surface area contributed by atoms with Gasteiger partial charge in [0.05, 0.1) is 4.90 Å².